The van der Waals surface area contributed by atoms with Gasteiger partial charge < -0.3 is 14.6 Å². The highest BCUT2D eigenvalue weighted by Crippen LogP contribution is 2.37. The molecule has 0 radical (unpaired) electrons. The van der Waals surface area contributed by atoms with Crippen molar-refractivity contribution in [1.29, 1.82) is 0 Å². The number of benzene rings is 2. The van der Waals surface area contributed by atoms with E-state index >= 15 is 0 Å². The lowest BCUT2D eigenvalue weighted by atomic mass is 10.2. The predicted molar refractivity (Wildman–Crippen MR) is 80.7 cm³/mol. The zero-order chi connectivity index (χ0) is 15.2. The number of carboxylic acids is 1. The van der Waals surface area contributed by atoms with E-state index in [-0.39, 0.29) is 16.3 Å². The Morgan fingerprint density at radius 2 is 1.86 bits per heavy atom. The monoisotopic (exact) mass is 306 g/mol. The highest BCUT2D eigenvalue weighted by Gasteiger charge is 2.17. The number of carbonyl (C=O) groups is 1. The summed E-state index contributed by atoms with van der Waals surface area (Å²) in [7, 11) is 0. The van der Waals surface area contributed by atoms with Gasteiger partial charge in [-0.05, 0) is 30.7 Å². The molecule has 1 N–H and O–H groups in total. The number of rotatable bonds is 6. The molecular formula is C16H15ClO4. The van der Waals surface area contributed by atoms with Crippen LogP contribution in [0.5, 0.6) is 17.2 Å². The third-order valence-electron chi connectivity index (χ3n) is 2.72. The minimum absolute atomic E-state index is 0.00722. The predicted octanol–water partition coefficient (Wildman–Crippen LogP) is 4.62. The van der Waals surface area contributed by atoms with Crippen LogP contribution in [0, 0.1) is 0 Å². The molecule has 0 spiro atoms. The average molecular weight is 307 g/mol. The maximum atomic E-state index is 11.3. The number of aromatic carboxylic acids is 1. The number of ether oxygens (including phenoxy) is 2. The van der Waals surface area contributed by atoms with Gasteiger partial charge in [0.05, 0.1) is 11.6 Å². The lowest BCUT2D eigenvalue weighted by Crippen LogP contribution is -2.02. The van der Waals surface area contributed by atoms with E-state index in [4.69, 9.17) is 21.1 Å². The SMILES string of the molecule is CCCOc1ccccc1Oc1c(Cl)cccc1C(=O)O. The average Bonchev–Trinajstić information content (AvgIpc) is 2.48. The van der Waals surface area contributed by atoms with Crippen molar-refractivity contribution in [1.82, 2.24) is 0 Å². The van der Waals surface area contributed by atoms with Crippen molar-refractivity contribution >= 4 is 17.6 Å². The van der Waals surface area contributed by atoms with Crippen LogP contribution in [-0.2, 0) is 0 Å². The van der Waals surface area contributed by atoms with Crippen LogP contribution in [0.1, 0.15) is 23.7 Å². The van der Waals surface area contributed by atoms with Crippen molar-refractivity contribution in [3.63, 3.8) is 0 Å². The van der Waals surface area contributed by atoms with Gasteiger partial charge in [0.15, 0.2) is 17.2 Å². The van der Waals surface area contributed by atoms with Gasteiger partial charge in [0, 0.05) is 0 Å². The molecule has 110 valence electrons. The van der Waals surface area contributed by atoms with Crippen LogP contribution in [-0.4, -0.2) is 17.7 Å². The Morgan fingerprint density at radius 1 is 1.14 bits per heavy atom. The minimum atomic E-state index is -1.10. The molecule has 0 saturated carbocycles. The lowest BCUT2D eigenvalue weighted by Gasteiger charge is -2.14. The van der Waals surface area contributed by atoms with E-state index in [9.17, 15) is 9.90 Å². The first kappa shape index (κ1) is 15.2. The van der Waals surface area contributed by atoms with Crippen LogP contribution < -0.4 is 9.47 Å². The van der Waals surface area contributed by atoms with Crippen molar-refractivity contribution in [2.45, 2.75) is 13.3 Å². The Labute approximate surface area is 127 Å². The van der Waals surface area contributed by atoms with Gasteiger partial charge in [-0.15, -0.1) is 0 Å². The summed E-state index contributed by atoms with van der Waals surface area (Å²) < 4.78 is 11.3. The molecule has 0 aliphatic rings. The smallest absolute Gasteiger partial charge is 0.339 e. The molecule has 0 saturated heterocycles. The summed E-state index contributed by atoms with van der Waals surface area (Å²) in [5.41, 5.74) is 0.00722. The van der Waals surface area contributed by atoms with Gasteiger partial charge >= 0.3 is 5.97 Å². The third-order valence-corrected chi connectivity index (χ3v) is 3.02. The largest absolute Gasteiger partial charge is 0.490 e. The second kappa shape index (κ2) is 6.99. The fraction of sp³-hybridized carbons (Fsp3) is 0.188. The van der Waals surface area contributed by atoms with Crippen LogP contribution in [0.2, 0.25) is 5.02 Å². The van der Waals surface area contributed by atoms with Crippen molar-refractivity contribution in [2.75, 3.05) is 6.61 Å². The van der Waals surface area contributed by atoms with Crippen molar-refractivity contribution in [3.8, 4) is 17.2 Å². The Hall–Kier alpha value is -2.20. The number of para-hydroxylation sites is 3. The van der Waals surface area contributed by atoms with Crippen molar-refractivity contribution < 1.29 is 19.4 Å². The van der Waals surface area contributed by atoms with E-state index in [1.165, 1.54) is 6.07 Å². The molecule has 5 heteroatoms. The van der Waals surface area contributed by atoms with Crippen molar-refractivity contribution in [3.05, 3.63) is 53.1 Å². The molecule has 0 atom stereocenters. The van der Waals surface area contributed by atoms with Crippen molar-refractivity contribution in [2.24, 2.45) is 0 Å². The van der Waals surface area contributed by atoms with Crippen LogP contribution in [0.25, 0.3) is 0 Å². The summed E-state index contributed by atoms with van der Waals surface area (Å²) in [4.78, 5) is 11.3. The van der Waals surface area contributed by atoms with Gasteiger partial charge in [-0.25, -0.2) is 4.79 Å². The van der Waals surface area contributed by atoms with Gasteiger partial charge in [-0.2, -0.15) is 0 Å². The van der Waals surface area contributed by atoms with Gasteiger partial charge in [0.1, 0.15) is 5.56 Å². The minimum Gasteiger partial charge on any atom is -0.490 e. The molecule has 2 aromatic carbocycles. The molecule has 0 aliphatic carbocycles. The number of hydrogen-bond donors (Lipinski definition) is 1. The van der Waals surface area contributed by atoms with E-state index in [1.54, 1.807) is 30.3 Å². The van der Waals surface area contributed by atoms with Crippen LogP contribution in [0.4, 0.5) is 0 Å². The zero-order valence-corrected chi connectivity index (χ0v) is 12.3. The summed E-state index contributed by atoms with van der Waals surface area (Å²) in [6.07, 6.45) is 0.862. The quantitative estimate of drug-likeness (QED) is 0.846. The number of halogens is 1. The van der Waals surface area contributed by atoms with E-state index in [1.807, 2.05) is 13.0 Å². The first-order valence-electron chi connectivity index (χ1n) is 6.55. The molecule has 2 aromatic rings. The molecule has 21 heavy (non-hydrogen) atoms. The van der Waals surface area contributed by atoms with E-state index < -0.39 is 5.97 Å². The second-order valence-corrected chi connectivity index (χ2v) is 4.73. The van der Waals surface area contributed by atoms with E-state index in [0.717, 1.165) is 6.42 Å². The Balaban J connectivity index is 2.37. The summed E-state index contributed by atoms with van der Waals surface area (Å²) >= 11 is 6.05. The molecule has 0 aliphatic heterocycles. The molecule has 0 unspecified atom stereocenters. The fourth-order valence-corrected chi connectivity index (χ4v) is 1.97. The molecule has 4 nitrogen and oxygen atoms in total. The summed E-state index contributed by atoms with van der Waals surface area (Å²) in [6, 6.07) is 11.7. The lowest BCUT2D eigenvalue weighted by molar-refractivity contribution is 0.0694. The van der Waals surface area contributed by atoms with Gasteiger partial charge in [0.2, 0.25) is 0 Å². The van der Waals surface area contributed by atoms with Gasteiger partial charge in [-0.1, -0.05) is 36.7 Å². The standard InChI is InChI=1S/C16H15ClO4/c1-2-10-20-13-8-3-4-9-14(13)21-15-11(16(18)19)6-5-7-12(15)17/h3-9H,2,10H2,1H3,(H,18,19). The summed E-state index contributed by atoms with van der Waals surface area (Å²) in [5.74, 6) is -0.00386. The molecule has 0 fully saturated rings. The molecule has 0 aromatic heterocycles. The molecule has 0 bridgehead atoms. The van der Waals surface area contributed by atoms with Gasteiger partial charge in [-0.3, -0.25) is 0 Å². The molecular weight excluding hydrogens is 292 g/mol. The molecule has 2 rings (SSSR count). The van der Waals surface area contributed by atoms with E-state index in [0.29, 0.717) is 18.1 Å². The first-order chi connectivity index (χ1) is 10.1. The zero-order valence-electron chi connectivity index (χ0n) is 11.5. The van der Waals surface area contributed by atoms with E-state index in [2.05, 4.69) is 0 Å². The normalized spacial score (nSPS) is 10.2. The second-order valence-electron chi connectivity index (χ2n) is 4.32. The maximum Gasteiger partial charge on any atom is 0.339 e. The highest BCUT2D eigenvalue weighted by atomic mass is 35.5. The fourth-order valence-electron chi connectivity index (χ4n) is 1.76. The molecule has 0 amide bonds. The number of hydrogen-bond acceptors (Lipinski definition) is 3. The van der Waals surface area contributed by atoms with Gasteiger partial charge in [0.25, 0.3) is 0 Å². The maximum absolute atomic E-state index is 11.3. The summed E-state index contributed by atoms with van der Waals surface area (Å²) in [5, 5.41) is 9.45. The van der Waals surface area contributed by atoms with Crippen LogP contribution >= 0.6 is 11.6 Å². The first-order valence-corrected chi connectivity index (χ1v) is 6.92. The van der Waals surface area contributed by atoms with Crippen LogP contribution in [0.15, 0.2) is 42.5 Å². The summed E-state index contributed by atoms with van der Waals surface area (Å²) in [6.45, 7) is 2.55. The number of carboxylic acid groups (broad SMARTS) is 1. The topological polar surface area (TPSA) is 55.8 Å². The Kier molecular flexibility index (Phi) is 5.06. The van der Waals surface area contributed by atoms with Crippen LogP contribution in [0.3, 0.4) is 0 Å². The Bertz CT molecular complexity index is 640. The Morgan fingerprint density at radius 3 is 2.52 bits per heavy atom. The third kappa shape index (κ3) is 3.67. The highest BCUT2D eigenvalue weighted by molar-refractivity contribution is 6.32. The molecule has 0 heterocycles.